The van der Waals surface area contributed by atoms with Crippen molar-refractivity contribution in [2.24, 2.45) is 0 Å². The van der Waals surface area contributed by atoms with Gasteiger partial charge in [0.15, 0.2) is 11.9 Å². The molecule has 1 aromatic heterocycles. The molecule has 0 aliphatic carbocycles. The number of fused-ring (bicyclic) bond motifs is 3. The van der Waals surface area contributed by atoms with Gasteiger partial charge in [0.05, 0.1) is 6.61 Å². The van der Waals surface area contributed by atoms with E-state index in [2.05, 4.69) is 35.3 Å². The minimum atomic E-state index is -0.598. The first-order valence-electron chi connectivity index (χ1n) is 11.4. The molecule has 2 atom stereocenters. The zero-order valence-corrected chi connectivity index (χ0v) is 20.0. The lowest BCUT2D eigenvalue weighted by molar-refractivity contribution is -0.133. The number of aromatic nitrogens is 3. The molecule has 0 radical (unpaired) electrons. The van der Waals surface area contributed by atoms with Gasteiger partial charge < -0.3 is 14.5 Å². The van der Waals surface area contributed by atoms with E-state index < -0.39 is 12.2 Å². The van der Waals surface area contributed by atoms with Crippen LogP contribution in [0.25, 0.3) is 11.4 Å². The number of urea groups is 1. The zero-order chi connectivity index (χ0) is 24.1. The largest absolute Gasteiger partial charge is 0.494 e. The standard InChI is InChI=1S/C25H28N6O3/c1-6-34-19-11-9-17(10-12-19)21-26-27-24-30(14-18-13-15(2)7-8-16(18)3)20-22(31(21)24)28(4)25(33)29(5)23(20)32/h7-13,20,22H,6,14H2,1-5H3. The van der Waals surface area contributed by atoms with Gasteiger partial charge in [0.25, 0.3) is 5.91 Å². The second kappa shape index (κ2) is 8.16. The Morgan fingerprint density at radius 2 is 1.74 bits per heavy atom. The van der Waals surface area contributed by atoms with Gasteiger partial charge in [0.1, 0.15) is 11.9 Å². The van der Waals surface area contributed by atoms with Crippen LogP contribution in [-0.4, -0.2) is 63.2 Å². The predicted octanol–water partition coefficient (Wildman–Crippen LogP) is 3.37. The van der Waals surface area contributed by atoms with Crippen molar-refractivity contribution in [1.29, 1.82) is 0 Å². The van der Waals surface area contributed by atoms with E-state index in [0.29, 0.717) is 24.9 Å². The lowest BCUT2D eigenvalue weighted by atomic mass is 10.0. The highest BCUT2D eigenvalue weighted by atomic mass is 16.5. The number of amides is 3. The quantitative estimate of drug-likeness (QED) is 0.581. The minimum absolute atomic E-state index is 0.249. The van der Waals surface area contributed by atoms with E-state index in [0.717, 1.165) is 28.0 Å². The summed E-state index contributed by atoms with van der Waals surface area (Å²) < 4.78 is 7.47. The lowest BCUT2D eigenvalue weighted by Gasteiger charge is -2.40. The van der Waals surface area contributed by atoms with Crippen LogP contribution in [0.15, 0.2) is 42.5 Å². The Morgan fingerprint density at radius 1 is 1.00 bits per heavy atom. The summed E-state index contributed by atoms with van der Waals surface area (Å²) in [4.78, 5) is 31.0. The zero-order valence-electron chi connectivity index (χ0n) is 20.0. The third-order valence-corrected chi connectivity index (χ3v) is 6.66. The summed E-state index contributed by atoms with van der Waals surface area (Å²) in [6.45, 7) is 7.11. The van der Waals surface area contributed by atoms with Crippen LogP contribution in [0.5, 0.6) is 5.75 Å². The number of nitrogens with zero attached hydrogens (tertiary/aromatic N) is 6. The Balaban J connectivity index is 1.63. The molecule has 0 bridgehead atoms. The first kappa shape index (κ1) is 21.9. The van der Waals surface area contributed by atoms with Crippen molar-refractivity contribution in [3.63, 3.8) is 0 Å². The van der Waals surface area contributed by atoms with Crippen LogP contribution in [0.2, 0.25) is 0 Å². The van der Waals surface area contributed by atoms with E-state index in [1.165, 1.54) is 11.9 Å². The van der Waals surface area contributed by atoms with Crippen molar-refractivity contribution in [3.05, 3.63) is 59.2 Å². The average Bonchev–Trinajstić information content (AvgIpc) is 3.38. The fraction of sp³-hybridized carbons (Fsp3) is 0.360. The van der Waals surface area contributed by atoms with Crippen LogP contribution in [0.3, 0.4) is 0 Å². The Morgan fingerprint density at radius 3 is 2.44 bits per heavy atom. The second-order valence-electron chi connectivity index (χ2n) is 8.86. The second-order valence-corrected chi connectivity index (χ2v) is 8.86. The Hall–Kier alpha value is -3.88. The van der Waals surface area contributed by atoms with Gasteiger partial charge in [-0.1, -0.05) is 23.8 Å². The monoisotopic (exact) mass is 460 g/mol. The number of aryl methyl sites for hydroxylation is 2. The molecule has 2 aromatic carbocycles. The van der Waals surface area contributed by atoms with Crippen LogP contribution in [0, 0.1) is 13.8 Å². The van der Waals surface area contributed by atoms with Gasteiger partial charge in [-0.15, -0.1) is 10.2 Å². The maximum atomic E-state index is 13.4. The summed E-state index contributed by atoms with van der Waals surface area (Å²) in [5.74, 6) is 1.70. The number of hydrogen-bond acceptors (Lipinski definition) is 6. The molecule has 176 valence electrons. The molecule has 3 amide bonds. The van der Waals surface area contributed by atoms with Gasteiger partial charge in [-0.3, -0.25) is 14.3 Å². The summed E-state index contributed by atoms with van der Waals surface area (Å²) >= 11 is 0. The molecule has 0 N–H and O–H groups in total. The topological polar surface area (TPSA) is 83.8 Å². The number of carbonyl (C=O) groups is 2. The molecule has 0 saturated carbocycles. The van der Waals surface area contributed by atoms with E-state index in [-0.39, 0.29) is 11.9 Å². The fourth-order valence-electron chi connectivity index (χ4n) is 4.82. The number of carbonyl (C=O) groups excluding carboxylic acids is 2. The number of benzene rings is 2. The number of ether oxygens (including phenoxy) is 1. The number of likely N-dealkylation sites (N-methyl/N-ethyl adjacent to an activating group) is 2. The SMILES string of the molecule is CCOc1ccc(-c2nnc3n2C2C(C(=O)N(C)C(=O)N2C)N3Cc2cc(C)ccc2C)cc1. The normalized spacial score (nSPS) is 19.5. The molecule has 9 nitrogen and oxygen atoms in total. The van der Waals surface area contributed by atoms with Crippen molar-refractivity contribution in [1.82, 2.24) is 24.6 Å². The molecule has 0 spiro atoms. The molecule has 5 rings (SSSR count). The van der Waals surface area contributed by atoms with Gasteiger partial charge in [-0.2, -0.15) is 0 Å². The Bertz CT molecular complexity index is 1270. The van der Waals surface area contributed by atoms with Crippen LogP contribution in [0.4, 0.5) is 10.7 Å². The molecule has 2 unspecified atom stereocenters. The lowest BCUT2D eigenvalue weighted by Crippen LogP contribution is -2.61. The molecular weight excluding hydrogens is 432 g/mol. The van der Waals surface area contributed by atoms with Gasteiger partial charge in [0, 0.05) is 26.2 Å². The molecule has 9 heteroatoms. The van der Waals surface area contributed by atoms with Crippen molar-refractivity contribution in [2.45, 2.75) is 39.5 Å². The first-order chi connectivity index (χ1) is 16.3. The van der Waals surface area contributed by atoms with Crippen molar-refractivity contribution in [3.8, 4) is 17.1 Å². The summed E-state index contributed by atoms with van der Waals surface area (Å²) in [7, 11) is 3.25. The first-order valence-corrected chi connectivity index (χ1v) is 11.4. The number of rotatable bonds is 5. The highest BCUT2D eigenvalue weighted by molar-refractivity contribution is 6.02. The molecule has 2 aliphatic heterocycles. The summed E-state index contributed by atoms with van der Waals surface area (Å²) in [6.07, 6.45) is -0.548. The van der Waals surface area contributed by atoms with Gasteiger partial charge in [-0.25, -0.2) is 4.79 Å². The third-order valence-electron chi connectivity index (χ3n) is 6.66. The molecular formula is C25H28N6O3. The highest BCUT2D eigenvalue weighted by Gasteiger charge is 2.54. The van der Waals surface area contributed by atoms with Crippen LogP contribution in [-0.2, 0) is 11.3 Å². The minimum Gasteiger partial charge on any atom is -0.494 e. The molecule has 3 aromatic rings. The maximum absolute atomic E-state index is 13.4. The van der Waals surface area contributed by atoms with E-state index in [9.17, 15) is 9.59 Å². The van der Waals surface area contributed by atoms with Crippen molar-refractivity contribution >= 4 is 17.9 Å². The van der Waals surface area contributed by atoms with Crippen LogP contribution in [0.1, 0.15) is 29.8 Å². The number of hydrogen-bond donors (Lipinski definition) is 0. The van der Waals surface area contributed by atoms with Gasteiger partial charge in [-0.05, 0) is 56.2 Å². The van der Waals surface area contributed by atoms with Crippen LogP contribution >= 0.6 is 0 Å². The van der Waals surface area contributed by atoms with Gasteiger partial charge in [0.2, 0.25) is 5.95 Å². The fourth-order valence-corrected chi connectivity index (χ4v) is 4.82. The molecule has 1 fully saturated rings. The van der Waals surface area contributed by atoms with E-state index in [1.54, 1.807) is 11.9 Å². The number of imide groups is 1. The summed E-state index contributed by atoms with van der Waals surface area (Å²) in [5.41, 5.74) is 4.22. The van der Waals surface area contributed by atoms with E-state index >= 15 is 0 Å². The maximum Gasteiger partial charge on any atom is 0.327 e. The molecule has 2 aliphatic rings. The smallest absolute Gasteiger partial charge is 0.327 e. The summed E-state index contributed by atoms with van der Waals surface area (Å²) in [5, 5.41) is 8.98. The molecule has 3 heterocycles. The van der Waals surface area contributed by atoms with E-state index in [4.69, 9.17) is 4.74 Å². The molecule has 34 heavy (non-hydrogen) atoms. The van der Waals surface area contributed by atoms with Crippen molar-refractivity contribution in [2.75, 3.05) is 25.6 Å². The third kappa shape index (κ3) is 3.30. The average molecular weight is 461 g/mol. The Kier molecular flexibility index (Phi) is 5.27. The van der Waals surface area contributed by atoms with E-state index in [1.807, 2.05) is 47.6 Å². The number of anilines is 1. The Labute approximate surface area is 198 Å². The summed E-state index contributed by atoms with van der Waals surface area (Å²) in [6, 6.07) is 12.9. The highest BCUT2D eigenvalue weighted by Crippen LogP contribution is 2.43. The molecule has 1 saturated heterocycles. The predicted molar refractivity (Wildman–Crippen MR) is 127 cm³/mol. The van der Waals surface area contributed by atoms with Gasteiger partial charge >= 0.3 is 6.03 Å². The van der Waals surface area contributed by atoms with Crippen LogP contribution < -0.4 is 9.64 Å². The van der Waals surface area contributed by atoms with Crippen molar-refractivity contribution < 1.29 is 14.3 Å².